The first-order valence-electron chi connectivity index (χ1n) is 11.7. The fraction of sp³-hybridized carbons (Fsp3) is 0.615. The maximum atomic E-state index is 15.3. The predicted molar refractivity (Wildman–Crippen MR) is 120 cm³/mol. The SMILES string of the molecule is CCCC1CCC(C2=CC=C(C3CCC/C=C(OCC)\C(N)=C/3F)C=CC2)CC1. The molecule has 0 saturated heterocycles. The van der Waals surface area contributed by atoms with Gasteiger partial charge in [0.2, 0.25) is 0 Å². The molecule has 0 aliphatic heterocycles. The third-order valence-corrected chi connectivity index (χ3v) is 6.78. The molecule has 0 aromatic carbocycles. The van der Waals surface area contributed by atoms with Crippen molar-refractivity contribution in [3.8, 4) is 0 Å². The van der Waals surface area contributed by atoms with E-state index in [1.807, 2.05) is 13.0 Å². The van der Waals surface area contributed by atoms with E-state index in [4.69, 9.17) is 10.5 Å². The van der Waals surface area contributed by atoms with Gasteiger partial charge in [0.05, 0.1) is 6.61 Å². The van der Waals surface area contributed by atoms with Gasteiger partial charge in [-0.15, -0.1) is 0 Å². The fourth-order valence-electron chi connectivity index (χ4n) is 5.13. The first kappa shape index (κ1) is 21.9. The first-order valence-corrected chi connectivity index (χ1v) is 11.7. The van der Waals surface area contributed by atoms with Crippen LogP contribution in [0.2, 0.25) is 0 Å². The van der Waals surface area contributed by atoms with Crippen LogP contribution in [-0.4, -0.2) is 6.61 Å². The molecule has 1 saturated carbocycles. The lowest BCUT2D eigenvalue weighted by atomic mass is 9.76. The summed E-state index contributed by atoms with van der Waals surface area (Å²) >= 11 is 0. The summed E-state index contributed by atoms with van der Waals surface area (Å²) in [5, 5.41) is 0. The van der Waals surface area contributed by atoms with Crippen molar-refractivity contribution in [2.75, 3.05) is 6.61 Å². The number of rotatable bonds is 6. The minimum atomic E-state index is -0.272. The Morgan fingerprint density at radius 3 is 2.62 bits per heavy atom. The summed E-state index contributed by atoms with van der Waals surface area (Å²) in [5.74, 6) is 1.61. The zero-order chi connectivity index (χ0) is 20.6. The Hall–Kier alpha value is -1.77. The fourth-order valence-corrected chi connectivity index (χ4v) is 5.13. The highest BCUT2D eigenvalue weighted by Crippen LogP contribution is 2.39. The van der Waals surface area contributed by atoms with Gasteiger partial charge in [-0.2, -0.15) is 0 Å². The Bertz CT molecular complexity index is 704. The van der Waals surface area contributed by atoms with Crippen molar-refractivity contribution in [2.24, 2.45) is 23.5 Å². The van der Waals surface area contributed by atoms with Gasteiger partial charge in [-0.1, -0.05) is 49.6 Å². The second-order valence-corrected chi connectivity index (χ2v) is 8.77. The normalized spacial score (nSPS) is 32.9. The van der Waals surface area contributed by atoms with E-state index in [-0.39, 0.29) is 17.4 Å². The average Bonchev–Trinajstić information content (AvgIpc) is 2.98. The van der Waals surface area contributed by atoms with Crippen molar-refractivity contribution >= 4 is 0 Å². The Morgan fingerprint density at radius 2 is 1.90 bits per heavy atom. The second-order valence-electron chi connectivity index (χ2n) is 8.77. The second kappa shape index (κ2) is 10.8. The molecule has 3 heteroatoms. The van der Waals surface area contributed by atoms with Crippen LogP contribution < -0.4 is 5.73 Å². The molecular formula is C26H38FNO. The molecule has 0 amide bonds. The molecule has 3 aliphatic carbocycles. The molecule has 2 nitrogen and oxygen atoms in total. The number of halogens is 1. The van der Waals surface area contributed by atoms with Crippen LogP contribution in [0.25, 0.3) is 0 Å². The maximum absolute atomic E-state index is 15.3. The number of ether oxygens (including phenoxy) is 1. The lowest BCUT2D eigenvalue weighted by Crippen LogP contribution is -2.16. The molecule has 160 valence electrons. The largest absolute Gasteiger partial charge is 0.492 e. The molecule has 0 spiro atoms. The minimum absolute atomic E-state index is 0.175. The summed E-state index contributed by atoms with van der Waals surface area (Å²) in [6.45, 7) is 4.69. The Labute approximate surface area is 176 Å². The van der Waals surface area contributed by atoms with Crippen LogP contribution in [0.15, 0.2) is 58.8 Å². The van der Waals surface area contributed by atoms with Crippen LogP contribution in [0.1, 0.15) is 78.1 Å². The molecule has 2 N–H and O–H groups in total. The Morgan fingerprint density at radius 1 is 1.10 bits per heavy atom. The van der Waals surface area contributed by atoms with E-state index in [9.17, 15) is 0 Å². The van der Waals surface area contributed by atoms with Gasteiger partial charge < -0.3 is 10.5 Å². The molecule has 29 heavy (non-hydrogen) atoms. The highest BCUT2D eigenvalue weighted by molar-refractivity contribution is 5.39. The van der Waals surface area contributed by atoms with Crippen molar-refractivity contribution < 1.29 is 9.13 Å². The third kappa shape index (κ3) is 5.65. The van der Waals surface area contributed by atoms with Crippen molar-refractivity contribution in [3.63, 3.8) is 0 Å². The third-order valence-electron chi connectivity index (χ3n) is 6.78. The van der Waals surface area contributed by atoms with E-state index < -0.39 is 0 Å². The first-order chi connectivity index (χ1) is 14.1. The summed E-state index contributed by atoms with van der Waals surface area (Å²) in [7, 11) is 0. The lowest BCUT2D eigenvalue weighted by molar-refractivity contribution is 0.231. The van der Waals surface area contributed by atoms with Crippen molar-refractivity contribution in [1.29, 1.82) is 0 Å². The molecule has 0 radical (unpaired) electrons. The van der Waals surface area contributed by atoms with Crippen LogP contribution in [0.4, 0.5) is 4.39 Å². The van der Waals surface area contributed by atoms with Gasteiger partial charge >= 0.3 is 0 Å². The van der Waals surface area contributed by atoms with Crippen LogP contribution in [0.5, 0.6) is 0 Å². The van der Waals surface area contributed by atoms with E-state index >= 15 is 4.39 Å². The molecule has 0 heterocycles. The quantitative estimate of drug-likeness (QED) is 0.510. The smallest absolute Gasteiger partial charge is 0.140 e. The summed E-state index contributed by atoms with van der Waals surface area (Å²) in [5.41, 5.74) is 8.87. The lowest BCUT2D eigenvalue weighted by Gasteiger charge is -2.29. The van der Waals surface area contributed by atoms with E-state index in [0.717, 1.165) is 37.2 Å². The standard InChI is InChI=1S/C26H38FNO/c1-3-8-19-13-15-21(16-14-19)20-9-7-10-22(18-17-20)23-11-5-6-12-24(29-4-2)26(28)25(23)27/h7,10,12,17-19,21,23H,3-6,8-9,11,13-16,28H2,1-2H3/b24-12+,26-25-. The monoisotopic (exact) mass is 399 g/mol. The van der Waals surface area contributed by atoms with E-state index in [2.05, 4.69) is 31.2 Å². The average molecular weight is 400 g/mol. The number of nitrogens with two attached hydrogens (primary N) is 1. The summed E-state index contributed by atoms with van der Waals surface area (Å²) in [6.07, 6.45) is 22.3. The summed E-state index contributed by atoms with van der Waals surface area (Å²) in [6, 6.07) is 0. The van der Waals surface area contributed by atoms with Crippen LogP contribution in [0.3, 0.4) is 0 Å². The Balaban J connectivity index is 1.75. The molecule has 1 atom stereocenters. The predicted octanol–water partition coefficient (Wildman–Crippen LogP) is 7.27. The molecule has 3 rings (SSSR count). The van der Waals surface area contributed by atoms with Gasteiger partial charge in [-0.25, -0.2) is 4.39 Å². The van der Waals surface area contributed by atoms with Crippen molar-refractivity contribution in [3.05, 3.63) is 58.8 Å². The van der Waals surface area contributed by atoms with Crippen molar-refractivity contribution in [1.82, 2.24) is 0 Å². The molecule has 0 bridgehead atoms. The highest BCUT2D eigenvalue weighted by atomic mass is 19.1. The Kier molecular flexibility index (Phi) is 8.20. The summed E-state index contributed by atoms with van der Waals surface area (Å²) in [4.78, 5) is 0. The van der Waals surface area contributed by atoms with Gasteiger partial charge in [0.1, 0.15) is 17.3 Å². The van der Waals surface area contributed by atoms with Gasteiger partial charge in [-0.05, 0) is 81.8 Å². The molecular weight excluding hydrogens is 361 g/mol. The molecule has 1 unspecified atom stereocenters. The minimum Gasteiger partial charge on any atom is -0.492 e. The topological polar surface area (TPSA) is 35.2 Å². The maximum Gasteiger partial charge on any atom is 0.140 e. The van der Waals surface area contributed by atoms with Gasteiger partial charge in [-0.3, -0.25) is 0 Å². The highest BCUT2D eigenvalue weighted by Gasteiger charge is 2.26. The zero-order valence-corrected chi connectivity index (χ0v) is 18.3. The van der Waals surface area contributed by atoms with E-state index in [0.29, 0.717) is 18.3 Å². The van der Waals surface area contributed by atoms with Gasteiger partial charge in [0.25, 0.3) is 0 Å². The molecule has 0 aromatic rings. The van der Waals surface area contributed by atoms with Crippen LogP contribution in [-0.2, 0) is 4.74 Å². The van der Waals surface area contributed by atoms with E-state index in [1.54, 1.807) is 0 Å². The number of hydrogen-bond acceptors (Lipinski definition) is 2. The molecule has 1 fully saturated rings. The van der Waals surface area contributed by atoms with E-state index in [1.165, 1.54) is 44.1 Å². The van der Waals surface area contributed by atoms with Crippen LogP contribution in [0, 0.1) is 17.8 Å². The molecule has 0 aromatic heterocycles. The van der Waals surface area contributed by atoms with Crippen molar-refractivity contribution in [2.45, 2.75) is 78.1 Å². The number of allylic oxidation sites excluding steroid dienone is 8. The summed E-state index contributed by atoms with van der Waals surface area (Å²) < 4.78 is 20.9. The number of hydrogen-bond donors (Lipinski definition) is 1. The van der Waals surface area contributed by atoms with Gasteiger partial charge in [0, 0.05) is 5.92 Å². The zero-order valence-electron chi connectivity index (χ0n) is 18.3. The van der Waals surface area contributed by atoms with Crippen LogP contribution >= 0.6 is 0 Å². The molecule has 3 aliphatic rings. The van der Waals surface area contributed by atoms with Gasteiger partial charge in [0.15, 0.2) is 0 Å².